The highest BCUT2D eigenvalue weighted by Gasteiger charge is 2.06. The van der Waals surface area contributed by atoms with E-state index in [0.717, 1.165) is 23.8 Å². The highest BCUT2D eigenvalue weighted by molar-refractivity contribution is 5.45. The second kappa shape index (κ2) is 4.64. The van der Waals surface area contributed by atoms with E-state index in [1.165, 1.54) is 5.56 Å². The number of aromatic nitrogens is 5. The van der Waals surface area contributed by atoms with Crippen LogP contribution in [0.4, 0.5) is 5.82 Å². The average molecular weight is 254 g/mol. The maximum absolute atomic E-state index is 4.45. The van der Waals surface area contributed by atoms with Crippen molar-refractivity contribution in [3.05, 3.63) is 48.0 Å². The molecule has 0 fully saturated rings. The van der Waals surface area contributed by atoms with Crippen molar-refractivity contribution < 1.29 is 0 Å². The molecule has 0 aliphatic carbocycles. The topological polar surface area (TPSA) is 59.2 Å². The second-order valence-electron chi connectivity index (χ2n) is 4.41. The molecule has 3 aromatic rings. The Hall–Kier alpha value is -2.50. The maximum atomic E-state index is 4.45. The Kier molecular flexibility index (Phi) is 2.83. The van der Waals surface area contributed by atoms with Gasteiger partial charge in [-0.25, -0.2) is 4.98 Å². The molecule has 0 saturated heterocycles. The summed E-state index contributed by atoms with van der Waals surface area (Å²) in [6.45, 7) is 2.63. The molecule has 0 aromatic carbocycles. The monoisotopic (exact) mass is 254 g/mol. The first-order valence-electron chi connectivity index (χ1n) is 6.03. The van der Waals surface area contributed by atoms with Crippen LogP contribution in [-0.4, -0.2) is 31.8 Å². The Morgan fingerprint density at radius 1 is 1.11 bits per heavy atom. The molecule has 0 spiro atoms. The van der Waals surface area contributed by atoms with Gasteiger partial charge >= 0.3 is 0 Å². The summed E-state index contributed by atoms with van der Waals surface area (Å²) in [7, 11) is 2.00. The normalized spacial score (nSPS) is 10.8. The highest BCUT2D eigenvalue weighted by Crippen LogP contribution is 2.12. The van der Waals surface area contributed by atoms with Crippen molar-refractivity contribution in [2.45, 2.75) is 13.5 Å². The molecule has 0 unspecified atom stereocenters. The van der Waals surface area contributed by atoms with Gasteiger partial charge in [-0.3, -0.25) is 4.98 Å². The van der Waals surface area contributed by atoms with Gasteiger partial charge in [0.15, 0.2) is 11.5 Å². The van der Waals surface area contributed by atoms with Crippen LogP contribution in [0.1, 0.15) is 11.4 Å². The van der Waals surface area contributed by atoms with Crippen LogP contribution in [0.5, 0.6) is 0 Å². The molecule has 3 rings (SSSR count). The van der Waals surface area contributed by atoms with Gasteiger partial charge in [-0.15, -0.1) is 14.8 Å². The molecule has 0 N–H and O–H groups in total. The first-order valence-corrected chi connectivity index (χ1v) is 6.03. The summed E-state index contributed by atoms with van der Waals surface area (Å²) in [4.78, 5) is 10.3. The molecule has 6 heteroatoms. The van der Waals surface area contributed by atoms with E-state index in [4.69, 9.17) is 0 Å². The molecule has 0 atom stereocenters. The minimum absolute atomic E-state index is 0.724. The summed E-state index contributed by atoms with van der Waals surface area (Å²) >= 11 is 0. The molecular weight excluding hydrogens is 240 g/mol. The molecule has 0 radical (unpaired) electrons. The zero-order valence-corrected chi connectivity index (χ0v) is 10.9. The summed E-state index contributed by atoms with van der Waals surface area (Å²) in [5.41, 5.74) is 1.95. The number of rotatable bonds is 3. The summed E-state index contributed by atoms with van der Waals surface area (Å²) in [5, 5.41) is 8.67. The van der Waals surface area contributed by atoms with Crippen LogP contribution < -0.4 is 4.90 Å². The van der Waals surface area contributed by atoms with Crippen LogP contribution >= 0.6 is 0 Å². The highest BCUT2D eigenvalue weighted by atomic mass is 15.5. The number of nitrogens with zero attached hydrogens (tertiary/aromatic N) is 6. The lowest BCUT2D eigenvalue weighted by Gasteiger charge is -2.17. The summed E-state index contributed by atoms with van der Waals surface area (Å²) in [6, 6.07) is 7.86. The first kappa shape index (κ1) is 11.6. The van der Waals surface area contributed by atoms with E-state index in [1.54, 1.807) is 17.0 Å². The second-order valence-corrected chi connectivity index (χ2v) is 4.41. The molecular formula is C13H14N6. The van der Waals surface area contributed by atoms with E-state index >= 15 is 0 Å². The average Bonchev–Trinajstić information content (AvgIpc) is 2.78. The van der Waals surface area contributed by atoms with E-state index in [0.29, 0.717) is 0 Å². The minimum Gasteiger partial charge on any atom is -0.354 e. The van der Waals surface area contributed by atoms with Crippen LogP contribution in [0, 0.1) is 6.92 Å². The third-order valence-electron chi connectivity index (χ3n) is 2.86. The molecule has 0 saturated carbocycles. The van der Waals surface area contributed by atoms with Crippen molar-refractivity contribution in [1.29, 1.82) is 0 Å². The number of pyridine rings is 1. The quantitative estimate of drug-likeness (QED) is 0.708. The molecule has 3 heterocycles. The third kappa shape index (κ3) is 2.37. The van der Waals surface area contributed by atoms with Gasteiger partial charge in [0, 0.05) is 26.0 Å². The fourth-order valence-corrected chi connectivity index (χ4v) is 1.92. The smallest absolute Gasteiger partial charge is 0.176 e. The molecule has 0 amide bonds. The van der Waals surface area contributed by atoms with E-state index in [1.807, 2.05) is 38.2 Å². The van der Waals surface area contributed by atoms with Crippen molar-refractivity contribution in [2.24, 2.45) is 0 Å². The zero-order chi connectivity index (χ0) is 13.2. The van der Waals surface area contributed by atoms with Crippen LogP contribution in [0.25, 0.3) is 5.65 Å². The van der Waals surface area contributed by atoms with Gasteiger partial charge in [0.2, 0.25) is 0 Å². The molecule has 0 aliphatic rings. The Balaban J connectivity index is 1.86. The summed E-state index contributed by atoms with van der Waals surface area (Å²) in [6.07, 6.45) is 3.58. The number of hydrogen-bond acceptors (Lipinski definition) is 5. The zero-order valence-electron chi connectivity index (χ0n) is 10.9. The first-order chi connectivity index (χ1) is 9.22. The van der Waals surface area contributed by atoms with Gasteiger partial charge in [-0.05, 0) is 36.8 Å². The summed E-state index contributed by atoms with van der Waals surface area (Å²) < 4.78 is 1.56. The fourth-order valence-electron chi connectivity index (χ4n) is 1.92. The van der Waals surface area contributed by atoms with Gasteiger partial charge < -0.3 is 4.90 Å². The van der Waals surface area contributed by atoms with Gasteiger partial charge in [0.25, 0.3) is 0 Å². The lowest BCUT2D eigenvalue weighted by molar-refractivity contribution is 0.761. The Bertz CT molecular complexity index is 691. The van der Waals surface area contributed by atoms with Crippen LogP contribution in [0.15, 0.2) is 36.7 Å². The van der Waals surface area contributed by atoms with E-state index < -0.39 is 0 Å². The molecule has 0 bridgehead atoms. The number of hydrogen-bond donors (Lipinski definition) is 0. The van der Waals surface area contributed by atoms with Crippen molar-refractivity contribution in [3.63, 3.8) is 0 Å². The van der Waals surface area contributed by atoms with Gasteiger partial charge in [0.05, 0.1) is 0 Å². The lowest BCUT2D eigenvalue weighted by Crippen LogP contribution is -2.18. The maximum Gasteiger partial charge on any atom is 0.176 e. The van der Waals surface area contributed by atoms with E-state index in [9.17, 15) is 0 Å². The lowest BCUT2D eigenvalue weighted by atomic mass is 10.2. The van der Waals surface area contributed by atoms with Crippen LogP contribution in [0.2, 0.25) is 0 Å². The van der Waals surface area contributed by atoms with Gasteiger partial charge in [-0.2, -0.15) is 0 Å². The third-order valence-corrected chi connectivity index (χ3v) is 2.86. The van der Waals surface area contributed by atoms with E-state index in [2.05, 4.69) is 25.1 Å². The summed E-state index contributed by atoms with van der Waals surface area (Å²) in [5.74, 6) is 1.58. The predicted octanol–water partition coefficient (Wildman–Crippen LogP) is 1.46. The molecule has 3 aromatic heterocycles. The van der Waals surface area contributed by atoms with Gasteiger partial charge in [-0.1, -0.05) is 0 Å². The fraction of sp³-hybridized carbons (Fsp3) is 0.231. The number of aryl methyl sites for hydroxylation is 1. The van der Waals surface area contributed by atoms with Crippen LogP contribution in [0.3, 0.4) is 0 Å². The predicted molar refractivity (Wildman–Crippen MR) is 71.9 cm³/mol. The number of fused-ring (bicyclic) bond motifs is 1. The van der Waals surface area contributed by atoms with Crippen molar-refractivity contribution in [2.75, 3.05) is 11.9 Å². The SMILES string of the molecule is Cc1nc2ccc(N(C)Cc3ccncc3)nn2n1. The Morgan fingerprint density at radius 3 is 2.68 bits per heavy atom. The van der Waals surface area contributed by atoms with Crippen LogP contribution in [-0.2, 0) is 6.54 Å². The standard InChI is InChI=1S/C13H14N6/c1-10-15-12-3-4-13(17-19(12)16-10)18(2)9-11-5-7-14-8-6-11/h3-8H,9H2,1-2H3. The molecule has 19 heavy (non-hydrogen) atoms. The Labute approximate surface area is 110 Å². The van der Waals surface area contributed by atoms with Gasteiger partial charge in [0.1, 0.15) is 5.82 Å². The van der Waals surface area contributed by atoms with E-state index in [-0.39, 0.29) is 0 Å². The van der Waals surface area contributed by atoms with Crippen molar-refractivity contribution in [1.82, 2.24) is 24.8 Å². The molecule has 6 nitrogen and oxygen atoms in total. The van der Waals surface area contributed by atoms with Crippen molar-refractivity contribution >= 4 is 11.5 Å². The number of anilines is 1. The Morgan fingerprint density at radius 2 is 1.89 bits per heavy atom. The minimum atomic E-state index is 0.724. The molecule has 0 aliphatic heterocycles. The molecule has 96 valence electrons. The largest absolute Gasteiger partial charge is 0.354 e. The van der Waals surface area contributed by atoms with Crippen molar-refractivity contribution in [3.8, 4) is 0 Å².